The fraction of sp³-hybridized carbons (Fsp3) is 0.949. The Labute approximate surface area is 594 Å². The maximum Gasteiger partial charge on any atom is 0.472 e. The highest BCUT2D eigenvalue weighted by Crippen LogP contribution is 2.45. The lowest BCUT2D eigenvalue weighted by Crippen LogP contribution is -2.30. The number of unbranched alkanes of at least 4 members (excludes halogenated alkanes) is 47. The molecule has 0 rings (SSSR count). The normalized spacial score (nSPS) is 14.0. The molecule has 576 valence electrons. The first-order valence-electron chi connectivity index (χ1n) is 40.5. The predicted molar refractivity (Wildman–Crippen MR) is 395 cm³/mol. The van der Waals surface area contributed by atoms with E-state index < -0.39 is 97.5 Å². The molecule has 0 aromatic rings. The van der Waals surface area contributed by atoms with Crippen molar-refractivity contribution in [2.24, 2.45) is 11.8 Å². The van der Waals surface area contributed by atoms with E-state index in [1.54, 1.807) is 0 Å². The third-order valence-electron chi connectivity index (χ3n) is 18.2. The van der Waals surface area contributed by atoms with Gasteiger partial charge in [0.2, 0.25) is 0 Å². The van der Waals surface area contributed by atoms with Gasteiger partial charge in [0.1, 0.15) is 19.3 Å². The first-order valence-corrected chi connectivity index (χ1v) is 43.5. The molecule has 0 spiro atoms. The number of phosphoric acid groups is 2. The minimum atomic E-state index is -4.96. The van der Waals surface area contributed by atoms with Crippen LogP contribution in [0.3, 0.4) is 0 Å². The van der Waals surface area contributed by atoms with Gasteiger partial charge in [0.05, 0.1) is 26.4 Å². The summed E-state index contributed by atoms with van der Waals surface area (Å²) in [6, 6.07) is 0. The van der Waals surface area contributed by atoms with Gasteiger partial charge in [-0.15, -0.1) is 0 Å². The van der Waals surface area contributed by atoms with Crippen molar-refractivity contribution < 1.29 is 80.2 Å². The van der Waals surface area contributed by atoms with E-state index in [1.165, 1.54) is 225 Å². The van der Waals surface area contributed by atoms with E-state index in [0.717, 1.165) is 102 Å². The molecule has 2 unspecified atom stereocenters. The van der Waals surface area contributed by atoms with Crippen LogP contribution in [-0.2, 0) is 65.4 Å². The van der Waals surface area contributed by atoms with Crippen LogP contribution >= 0.6 is 15.6 Å². The average molecular weight is 1420 g/mol. The Bertz CT molecular complexity index is 1870. The van der Waals surface area contributed by atoms with Gasteiger partial charge in [-0.25, -0.2) is 9.13 Å². The summed E-state index contributed by atoms with van der Waals surface area (Å²) in [5.41, 5.74) is 0. The number of ether oxygens (including phenoxy) is 4. The van der Waals surface area contributed by atoms with Crippen molar-refractivity contribution in [3.05, 3.63) is 0 Å². The van der Waals surface area contributed by atoms with E-state index in [2.05, 4.69) is 41.5 Å². The third kappa shape index (κ3) is 72.2. The molecule has 0 aliphatic carbocycles. The van der Waals surface area contributed by atoms with Gasteiger partial charge in [-0.1, -0.05) is 356 Å². The standard InChI is InChI=1S/C78H152O17P2/c1-7-9-11-13-15-17-19-21-22-23-24-28-32-35-42-48-54-60-75(80)88-66-73(94-78(83)63-57-51-45-37-33-29-26-25-27-30-34-40-46-52-58-70(3)4)68-92-96(84,85)90-64-72(79)65-91-97(86,87)93-69-74(67-89-76(81)61-55-49-43-39-38-41-47-53-59-71(5)6)95-77(82)62-56-50-44-36-31-20-18-16-14-12-10-8-2/h70-74,79H,7-69H2,1-6H3,(H,84,85)(H,86,87)/t72-,73-,74-/m1/s1. The largest absolute Gasteiger partial charge is 0.472 e. The van der Waals surface area contributed by atoms with Crippen LogP contribution in [0, 0.1) is 11.8 Å². The van der Waals surface area contributed by atoms with Crippen LogP contribution in [0.4, 0.5) is 0 Å². The number of aliphatic hydroxyl groups excluding tert-OH is 1. The van der Waals surface area contributed by atoms with Gasteiger partial charge < -0.3 is 33.8 Å². The van der Waals surface area contributed by atoms with Crippen LogP contribution in [0.2, 0.25) is 0 Å². The summed E-state index contributed by atoms with van der Waals surface area (Å²) in [6.07, 6.45) is 58.2. The van der Waals surface area contributed by atoms with Gasteiger partial charge in [-0.05, 0) is 37.5 Å². The lowest BCUT2D eigenvalue weighted by Gasteiger charge is -2.21. The van der Waals surface area contributed by atoms with E-state index in [-0.39, 0.29) is 25.7 Å². The molecular formula is C78H152O17P2. The maximum atomic E-state index is 13.1. The molecule has 3 N–H and O–H groups in total. The second kappa shape index (κ2) is 69.8. The Hall–Kier alpha value is -1.94. The van der Waals surface area contributed by atoms with E-state index >= 15 is 0 Å². The second-order valence-electron chi connectivity index (χ2n) is 29.1. The molecule has 0 heterocycles. The van der Waals surface area contributed by atoms with Crippen molar-refractivity contribution in [2.75, 3.05) is 39.6 Å². The molecule has 0 saturated carbocycles. The number of hydrogen-bond acceptors (Lipinski definition) is 15. The van der Waals surface area contributed by atoms with Crippen LogP contribution in [-0.4, -0.2) is 96.7 Å². The Morgan fingerprint density at radius 3 is 0.701 bits per heavy atom. The number of esters is 4. The number of aliphatic hydroxyl groups is 1. The highest BCUT2D eigenvalue weighted by molar-refractivity contribution is 7.47. The summed E-state index contributed by atoms with van der Waals surface area (Å²) in [4.78, 5) is 72.9. The minimum absolute atomic E-state index is 0.107. The van der Waals surface area contributed by atoms with Gasteiger partial charge in [0, 0.05) is 25.7 Å². The third-order valence-corrected chi connectivity index (χ3v) is 20.1. The van der Waals surface area contributed by atoms with Gasteiger partial charge in [-0.2, -0.15) is 0 Å². The number of hydrogen-bond donors (Lipinski definition) is 3. The van der Waals surface area contributed by atoms with Crippen molar-refractivity contribution in [1.82, 2.24) is 0 Å². The summed E-state index contributed by atoms with van der Waals surface area (Å²) < 4.78 is 68.6. The summed E-state index contributed by atoms with van der Waals surface area (Å²) in [6.45, 7) is 9.60. The van der Waals surface area contributed by atoms with Gasteiger partial charge >= 0.3 is 39.5 Å². The molecule has 19 heteroatoms. The second-order valence-corrected chi connectivity index (χ2v) is 32.0. The van der Waals surface area contributed by atoms with Gasteiger partial charge in [0.25, 0.3) is 0 Å². The van der Waals surface area contributed by atoms with Crippen LogP contribution in [0.5, 0.6) is 0 Å². The summed E-state index contributed by atoms with van der Waals surface area (Å²) in [5, 5.41) is 10.6. The van der Waals surface area contributed by atoms with E-state index in [4.69, 9.17) is 37.0 Å². The molecule has 0 aliphatic rings. The molecule has 0 aliphatic heterocycles. The molecule has 0 aromatic heterocycles. The fourth-order valence-corrected chi connectivity index (χ4v) is 13.6. The molecule has 0 amide bonds. The fourth-order valence-electron chi connectivity index (χ4n) is 12.0. The van der Waals surface area contributed by atoms with Crippen LogP contribution < -0.4 is 0 Å². The zero-order valence-electron chi connectivity index (χ0n) is 63.4. The van der Waals surface area contributed by atoms with Crippen molar-refractivity contribution >= 4 is 39.5 Å². The number of phosphoric ester groups is 2. The lowest BCUT2D eigenvalue weighted by atomic mass is 10.0. The van der Waals surface area contributed by atoms with Crippen LogP contribution in [0.25, 0.3) is 0 Å². The lowest BCUT2D eigenvalue weighted by molar-refractivity contribution is -0.161. The maximum absolute atomic E-state index is 13.1. The Morgan fingerprint density at radius 2 is 0.474 bits per heavy atom. The zero-order chi connectivity index (χ0) is 71.4. The molecule has 5 atom stereocenters. The molecule has 0 radical (unpaired) electrons. The molecule has 0 saturated heterocycles. The summed E-state index contributed by atoms with van der Waals surface area (Å²) in [5.74, 6) is -0.590. The zero-order valence-corrected chi connectivity index (χ0v) is 65.2. The number of rotatable bonds is 77. The van der Waals surface area contributed by atoms with Crippen LogP contribution in [0.1, 0.15) is 408 Å². The summed E-state index contributed by atoms with van der Waals surface area (Å²) >= 11 is 0. The monoisotopic (exact) mass is 1420 g/mol. The number of carbonyl (C=O) groups excluding carboxylic acids is 4. The van der Waals surface area contributed by atoms with Crippen LogP contribution in [0.15, 0.2) is 0 Å². The molecule has 0 aromatic carbocycles. The Morgan fingerprint density at radius 1 is 0.278 bits per heavy atom. The Balaban J connectivity index is 5.24. The average Bonchev–Trinajstić information content (AvgIpc) is 1.17. The summed E-state index contributed by atoms with van der Waals surface area (Å²) in [7, 11) is -9.91. The van der Waals surface area contributed by atoms with Gasteiger partial charge in [-0.3, -0.25) is 37.3 Å². The highest BCUT2D eigenvalue weighted by Gasteiger charge is 2.30. The number of carbonyl (C=O) groups is 4. The quantitative estimate of drug-likeness (QED) is 0.0222. The Kier molecular flexibility index (Phi) is 68.4. The topological polar surface area (TPSA) is 237 Å². The molecular weight excluding hydrogens is 1270 g/mol. The van der Waals surface area contributed by atoms with Crippen molar-refractivity contribution in [3.8, 4) is 0 Å². The SMILES string of the molecule is CCCCCCCCCCCCCCCCCCCC(=O)OC[C@H](COP(=O)(O)OC[C@@H](O)COP(=O)(O)OC[C@@H](COC(=O)CCCCCCCCCCC(C)C)OC(=O)CCCCCCCCCCCCCC)OC(=O)CCCCCCCCCCCCCCCCC(C)C. The first-order chi connectivity index (χ1) is 46.9. The van der Waals surface area contributed by atoms with E-state index in [0.29, 0.717) is 25.7 Å². The highest BCUT2D eigenvalue weighted by atomic mass is 31.2. The van der Waals surface area contributed by atoms with Gasteiger partial charge in [0.15, 0.2) is 12.2 Å². The molecule has 97 heavy (non-hydrogen) atoms. The first kappa shape index (κ1) is 95.1. The van der Waals surface area contributed by atoms with Crippen molar-refractivity contribution in [2.45, 2.75) is 426 Å². The van der Waals surface area contributed by atoms with Crippen molar-refractivity contribution in [3.63, 3.8) is 0 Å². The smallest absolute Gasteiger partial charge is 0.462 e. The van der Waals surface area contributed by atoms with Crippen molar-refractivity contribution in [1.29, 1.82) is 0 Å². The minimum Gasteiger partial charge on any atom is -0.462 e. The van der Waals surface area contributed by atoms with E-state index in [1.807, 2.05) is 0 Å². The molecule has 17 nitrogen and oxygen atoms in total. The molecule has 0 bridgehead atoms. The molecule has 0 fully saturated rings. The predicted octanol–water partition coefficient (Wildman–Crippen LogP) is 23.1. The van der Waals surface area contributed by atoms with E-state index in [9.17, 15) is 43.2 Å².